The van der Waals surface area contributed by atoms with Crippen molar-refractivity contribution >= 4 is 0 Å². The van der Waals surface area contributed by atoms with Crippen molar-refractivity contribution in [2.45, 2.75) is 25.4 Å². The third kappa shape index (κ3) is 3.42. The van der Waals surface area contributed by atoms with Gasteiger partial charge in [0.25, 0.3) is 5.56 Å². The molecule has 1 fully saturated rings. The molecule has 0 saturated heterocycles. The van der Waals surface area contributed by atoms with Crippen molar-refractivity contribution in [1.82, 2.24) is 15.1 Å². The van der Waals surface area contributed by atoms with Gasteiger partial charge < -0.3 is 10.1 Å². The lowest BCUT2D eigenvalue weighted by Gasteiger charge is -2.09. The van der Waals surface area contributed by atoms with E-state index in [1.807, 2.05) is 0 Å². The van der Waals surface area contributed by atoms with Crippen LogP contribution in [0.2, 0.25) is 0 Å². The normalized spacial score (nSPS) is 14.6. The van der Waals surface area contributed by atoms with Gasteiger partial charge in [0.1, 0.15) is 0 Å². The summed E-state index contributed by atoms with van der Waals surface area (Å²) in [4.78, 5) is 11.6. The first kappa shape index (κ1) is 11.9. The third-order valence-corrected chi connectivity index (χ3v) is 2.64. The van der Waals surface area contributed by atoms with Crippen LogP contribution in [0, 0.1) is 0 Å². The van der Waals surface area contributed by atoms with Crippen molar-refractivity contribution in [3.63, 3.8) is 0 Å². The van der Waals surface area contributed by atoms with E-state index in [4.69, 9.17) is 4.74 Å². The Labute approximate surface area is 100 Å². The lowest BCUT2D eigenvalue weighted by atomic mass is 10.3. The molecule has 1 aromatic rings. The van der Waals surface area contributed by atoms with Crippen LogP contribution in [0.15, 0.2) is 29.1 Å². The minimum Gasteiger partial charge on any atom is -0.480 e. The molecule has 1 aromatic heterocycles. The molecule has 1 aliphatic carbocycles. The first-order chi connectivity index (χ1) is 8.19. The highest BCUT2D eigenvalue weighted by Gasteiger charge is 2.20. The lowest BCUT2D eigenvalue weighted by molar-refractivity contribution is 0.378. The summed E-state index contributed by atoms with van der Waals surface area (Å²) in [5.74, 6) is 0.438. The maximum atomic E-state index is 11.6. The molecule has 0 aromatic carbocycles. The molecule has 92 valence electrons. The van der Waals surface area contributed by atoms with Gasteiger partial charge in [-0.25, -0.2) is 4.68 Å². The van der Waals surface area contributed by atoms with Gasteiger partial charge in [-0.2, -0.15) is 0 Å². The smallest absolute Gasteiger partial charge is 0.267 e. The average molecular weight is 235 g/mol. The Bertz CT molecular complexity index is 463. The largest absolute Gasteiger partial charge is 0.480 e. The monoisotopic (exact) mass is 235 g/mol. The molecule has 1 saturated carbocycles. The summed E-state index contributed by atoms with van der Waals surface area (Å²) >= 11 is 0. The number of aromatic nitrogens is 2. The van der Waals surface area contributed by atoms with Crippen molar-refractivity contribution in [3.05, 3.63) is 34.6 Å². The number of nitrogens with one attached hydrogen (secondary N) is 1. The Kier molecular flexibility index (Phi) is 3.58. The minimum absolute atomic E-state index is 0.140. The van der Waals surface area contributed by atoms with E-state index in [-0.39, 0.29) is 5.56 Å². The molecule has 2 rings (SSSR count). The molecule has 0 amide bonds. The van der Waals surface area contributed by atoms with Crippen molar-refractivity contribution < 1.29 is 4.74 Å². The number of hydrogen-bond donors (Lipinski definition) is 1. The van der Waals surface area contributed by atoms with Crippen LogP contribution in [0.25, 0.3) is 0 Å². The van der Waals surface area contributed by atoms with E-state index in [2.05, 4.69) is 17.0 Å². The zero-order valence-corrected chi connectivity index (χ0v) is 9.98. The summed E-state index contributed by atoms with van der Waals surface area (Å²) in [7, 11) is 1.53. The van der Waals surface area contributed by atoms with Crippen molar-refractivity contribution in [2.24, 2.45) is 0 Å². The minimum atomic E-state index is -0.140. The maximum Gasteiger partial charge on any atom is 0.267 e. The molecule has 1 aliphatic rings. The van der Waals surface area contributed by atoms with Gasteiger partial charge in [-0.15, -0.1) is 5.10 Å². The Balaban J connectivity index is 1.96. The molecular weight excluding hydrogens is 218 g/mol. The summed E-state index contributed by atoms with van der Waals surface area (Å²) in [5.41, 5.74) is 0.804. The predicted octanol–water partition coefficient (Wildman–Crippen LogP) is 0.560. The highest BCUT2D eigenvalue weighted by Crippen LogP contribution is 2.18. The number of nitrogens with zero attached hydrogens (tertiary/aromatic N) is 2. The fourth-order valence-corrected chi connectivity index (χ4v) is 1.50. The highest BCUT2D eigenvalue weighted by atomic mass is 16.5. The van der Waals surface area contributed by atoms with Crippen molar-refractivity contribution in [1.29, 1.82) is 0 Å². The van der Waals surface area contributed by atoms with Crippen LogP contribution < -0.4 is 15.6 Å². The topological polar surface area (TPSA) is 56.1 Å². The van der Waals surface area contributed by atoms with E-state index in [1.165, 1.54) is 30.7 Å². The second-order valence-corrected chi connectivity index (χ2v) is 4.28. The molecule has 1 N–H and O–H groups in total. The zero-order valence-electron chi connectivity index (χ0n) is 9.98. The van der Waals surface area contributed by atoms with Gasteiger partial charge in [-0.3, -0.25) is 4.79 Å². The number of hydrogen-bond acceptors (Lipinski definition) is 4. The van der Waals surface area contributed by atoms with Gasteiger partial charge >= 0.3 is 0 Å². The lowest BCUT2D eigenvalue weighted by Crippen LogP contribution is -2.27. The van der Waals surface area contributed by atoms with Gasteiger partial charge in [0.05, 0.1) is 13.7 Å². The van der Waals surface area contributed by atoms with Crippen LogP contribution in [-0.2, 0) is 6.54 Å². The number of methoxy groups -OCH3 is 1. The zero-order chi connectivity index (χ0) is 12.3. The summed E-state index contributed by atoms with van der Waals surface area (Å²) in [6.07, 6.45) is 2.48. The third-order valence-electron chi connectivity index (χ3n) is 2.64. The van der Waals surface area contributed by atoms with E-state index in [9.17, 15) is 4.79 Å². The molecule has 5 heteroatoms. The van der Waals surface area contributed by atoms with Crippen molar-refractivity contribution in [2.75, 3.05) is 13.7 Å². The molecule has 0 aliphatic heterocycles. The molecule has 0 spiro atoms. The second kappa shape index (κ2) is 5.14. The first-order valence-electron chi connectivity index (χ1n) is 5.71. The second-order valence-electron chi connectivity index (χ2n) is 4.28. The standard InChI is InChI=1S/C12H17N3O2/c1-9(7-13-10-3-4-10)8-15-12(16)6-5-11(14-15)17-2/h5-6,10,13H,1,3-4,7-8H2,2H3. The molecule has 0 bridgehead atoms. The predicted molar refractivity (Wildman–Crippen MR) is 65.2 cm³/mol. The van der Waals surface area contributed by atoms with Gasteiger partial charge in [0, 0.05) is 24.7 Å². The first-order valence-corrected chi connectivity index (χ1v) is 5.71. The Morgan fingerprint density at radius 2 is 2.41 bits per heavy atom. The average Bonchev–Trinajstić information content (AvgIpc) is 3.13. The Morgan fingerprint density at radius 3 is 3.06 bits per heavy atom. The van der Waals surface area contributed by atoms with Crippen LogP contribution in [0.1, 0.15) is 12.8 Å². The fraction of sp³-hybridized carbons (Fsp3) is 0.500. The molecule has 17 heavy (non-hydrogen) atoms. The van der Waals surface area contributed by atoms with Gasteiger partial charge in [-0.05, 0) is 18.4 Å². The quantitative estimate of drug-likeness (QED) is 0.732. The molecular formula is C12H17N3O2. The van der Waals surface area contributed by atoms with Crippen LogP contribution >= 0.6 is 0 Å². The molecule has 0 unspecified atom stereocenters. The van der Waals surface area contributed by atoms with Gasteiger partial charge in [0.2, 0.25) is 5.88 Å². The number of rotatable bonds is 6. The molecule has 5 nitrogen and oxygen atoms in total. The van der Waals surface area contributed by atoms with E-state index >= 15 is 0 Å². The summed E-state index contributed by atoms with van der Waals surface area (Å²) in [6.45, 7) is 5.10. The van der Waals surface area contributed by atoms with Crippen LogP contribution in [-0.4, -0.2) is 29.5 Å². The van der Waals surface area contributed by atoms with Gasteiger partial charge in [-0.1, -0.05) is 6.58 Å². The van der Waals surface area contributed by atoms with Crippen molar-refractivity contribution in [3.8, 4) is 5.88 Å². The summed E-state index contributed by atoms with van der Waals surface area (Å²) < 4.78 is 6.35. The Hall–Kier alpha value is -1.62. The SMILES string of the molecule is C=C(CNC1CC1)Cn1nc(OC)ccc1=O. The maximum absolute atomic E-state index is 11.6. The van der Waals surface area contributed by atoms with Crippen LogP contribution in [0.5, 0.6) is 5.88 Å². The Morgan fingerprint density at radius 1 is 1.65 bits per heavy atom. The highest BCUT2D eigenvalue weighted by molar-refractivity contribution is 5.07. The van der Waals surface area contributed by atoms with Gasteiger partial charge in [0.15, 0.2) is 0 Å². The summed E-state index contributed by atoms with van der Waals surface area (Å²) in [5, 5.41) is 7.42. The molecule has 1 heterocycles. The van der Waals surface area contributed by atoms with Crippen LogP contribution in [0.4, 0.5) is 0 Å². The summed E-state index contributed by atoms with van der Waals surface area (Å²) in [6, 6.07) is 3.65. The van der Waals surface area contributed by atoms with E-state index in [1.54, 1.807) is 6.07 Å². The molecule has 0 radical (unpaired) electrons. The molecule has 0 atom stereocenters. The van der Waals surface area contributed by atoms with Crippen LogP contribution in [0.3, 0.4) is 0 Å². The fourth-order valence-electron chi connectivity index (χ4n) is 1.50. The van der Waals surface area contributed by atoms with E-state index in [0.29, 0.717) is 18.5 Å². The van der Waals surface area contributed by atoms with E-state index in [0.717, 1.165) is 12.1 Å². The number of ether oxygens (including phenoxy) is 1. The van der Waals surface area contributed by atoms with E-state index < -0.39 is 0 Å².